The summed E-state index contributed by atoms with van der Waals surface area (Å²) in [6.07, 6.45) is 0. The minimum absolute atomic E-state index is 0.142. The zero-order valence-electron chi connectivity index (χ0n) is 16.4. The number of benzene rings is 5. The van der Waals surface area contributed by atoms with Crippen molar-refractivity contribution >= 4 is 50.0 Å². The second-order valence-corrected chi connectivity index (χ2v) is 9.33. The van der Waals surface area contributed by atoms with Gasteiger partial charge >= 0.3 is 0 Å². The van der Waals surface area contributed by atoms with E-state index in [2.05, 4.69) is 98.3 Å². The van der Waals surface area contributed by atoms with Crippen molar-refractivity contribution in [2.24, 2.45) is 0 Å². The molecule has 0 amide bonds. The van der Waals surface area contributed by atoms with Crippen molar-refractivity contribution in [1.29, 1.82) is 0 Å². The van der Waals surface area contributed by atoms with E-state index in [1.165, 1.54) is 42.8 Å². The first-order valence-corrected chi connectivity index (χ1v) is 10.5. The number of hydrogen-bond acceptors (Lipinski definition) is 2. The fraction of sp³-hybridized carbons (Fsp3) is 0.154. The number of anilines is 1. The lowest BCUT2D eigenvalue weighted by molar-refractivity contribution is 0.591. The zero-order chi connectivity index (χ0) is 19.3. The van der Waals surface area contributed by atoms with Crippen LogP contribution in [0.25, 0.3) is 32.3 Å². The Balaban J connectivity index is 1.69. The van der Waals surface area contributed by atoms with Crippen LogP contribution in [0.5, 0.6) is 0 Å². The Kier molecular flexibility index (Phi) is 3.99. The molecule has 2 heteroatoms. The molecule has 0 bridgehead atoms. The summed E-state index contributed by atoms with van der Waals surface area (Å²) in [4.78, 5) is 1.21. The molecule has 0 unspecified atom stereocenters. The molecule has 5 aromatic rings. The lowest BCUT2D eigenvalue weighted by Gasteiger charge is -2.22. The summed E-state index contributed by atoms with van der Waals surface area (Å²) in [5.74, 6) is 0. The third-order valence-electron chi connectivity index (χ3n) is 5.49. The molecule has 0 aliphatic heterocycles. The Morgan fingerprint density at radius 3 is 2.04 bits per heavy atom. The summed E-state index contributed by atoms with van der Waals surface area (Å²) < 4.78 is 3.57. The van der Waals surface area contributed by atoms with Crippen LogP contribution >= 0.6 is 11.9 Å². The molecule has 0 saturated carbocycles. The molecular weight excluding hydrogens is 358 g/mol. The molecule has 138 valence electrons. The highest BCUT2D eigenvalue weighted by molar-refractivity contribution is 8.00. The molecule has 0 heterocycles. The summed E-state index contributed by atoms with van der Waals surface area (Å²) in [5.41, 5.74) is 2.69. The predicted octanol–water partition coefficient (Wildman–Crippen LogP) is 8.00. The quantitative estimate of drug-likeness (QED) is 0.251. The fourth-order valence-electron chi connectivity index (χ4n) is 3.94. The van der Waals surface area contributed by atoms with Gasteiger partial charge in [-0.3, -0.25) is 0 Å². The van der Waals surface area contributed by atoms with Crippen LogP contribution in [0.2, 0.25) is 0 Å². The highest BCUT2D eigenvalue weighted by Crippen LogP contribution is 2.40. The summed E-state index contributed by atoms with van der Waals surface area (Å²) in [7, 11) is 0. The van der Waals surface area contributed by atoms with Gasteiger partial charge in [0, 0.05) is 10.3 Å². The molecular formula is C26H23NS. The van der Waals surface area contributed by atoms with Crippen LogP contribution in [0, 0.1) is 0 Å². The molecule has 28 heavy (non-hydrogen) atoms. The molecule has 0 aliphatic carbocycles. The molecule has 0 radical (unpaired) electrons. The Morgan fingerprint density at radius 2 is 1.32 bits per heavy atom. The molecule has 0 aliphatic rings. The largest absolute Gasteiger partial charge is 0.325 e. The molecule has 1 nitrogen and oxygen atoms in total. The molecule has 5 rings (SSSR count). The number of nitrogens with one attached hydrogen (secondary N) is 1. The van der Waals surface area contributed by atoms with E-state index in [1.807, 2.05) is 6.07 Å². The van der Waals surface area contributed by atoms with Gasteiger partial charge in [-0.05, 0) is 68.1 Å². The van der Waals surface area contributed by atoms with E-state index in [9.17, 15) is 0 Å². The Morgan fingerprint density at radius 1 is 0.679 bits per heavy atom. The van der Waals surface area contributed by atoms with Gasteiger partial charge in [0.15, 0.2) is 0 Å². The molecule has 5 aromatic carbocycles. The Labute approximate surface area is 170 Å². The van der Waals surface area contributed by atoms with Crippen molar-refractivity contribution in [2.75, 3.05) is 4.72 Å². The van der Waals surface area contributed by atoms with E-state index < -0.39 is 0 Å². The fourth-order valence-corrected chi connectivity index (χ4v) is 4.64. The molecule has 0 saturated heterocycles. The molecule has 0 fully saturated rings. The van der Waals surface area contributed by atoms with Crippen LogP contribution in [0.15, 0.2) is 83.8 Å². The van der Waals surface area contributed by atoms with Gasteiger partial charge < -0.3 is 4.72 Å². The van der Waals surface area contributed by atoms with E-state index in [0.29, 0.717) is 0 Å². The maximum absolute atomic E-state index is 3.57. The highest BCUT2D eigenvalue weighted by Gasteiger charge is 2.17. The van der Waals surface area contributed by atoms with Gasteiger partial charge in [0.25, 0.3) is 0 Å². The van der Waals surface area contributed by atoms with Gasteiger partial charge in [-0.1, -0.05) is 81.4 Å². The highest BCUT2D eigenvalue weighted by atomic mass is 32.2. The molecule has 0 atom stereocenters. The zero-order valence-corrected chi connectivity index (χ0v) is 17.2. The third kappa shape index (κ3) is 2.89. The van der Waals surface area contributed by atoms with Crippen LogP contribution in [0.3, 0.4) is 0 Å². The van der Waals surface area contributed by atoms with Gasteiger partial charge in [0.2, 0.25) is 0 Å². The summed E-state index contributed by atoms with van der Waals surface area (Å²) in [6, 6.07) is 28.7. The van der Waals surface area contributed by atoms with Crippen LogP contribution in [-0.4, -0.2) is 0 Å². The van der Waals surface area contributed by atoms with Crippen molar-refractivity contribution in [2.45, 2.75) is 31.1 Å². The van der Waals surface area contributed by atoms with Crippen molar-refractivity contribution in [3.05, 3.63) is 84.4 Å². The topological polar surface area (TPSA) is 12.0 Å². The Bertz CT molecular complexity index is 1260. The second kappa shape index (κ2) is 6.42. The SMILES string of the molecule is CC(C)(C)c1cc2ccc3ccc(NSc4ccccc4)c4ccc(c1)c2c34. The second-order valence-electron chi connectivity index (χ2n) is 8.45. The van der Waals surface area contributed by atoms with Gasteiger partial charge in [-0.25, -0.2) is 0 Å². The minimum atomic E-state index is 0.142. The van der Waals surface area contributed by atoms with Crippen molar-refractivity contribution in [1.82, 2.24) is 0 Å². The summed E-state index contributed by atoms with van der Waals surface area (Å²) in [6.45, 7) is 6.84. The van der Waals surface area contributed by atoms with E-state index in [1.54, 1.807) is 11.9 Å². The van der Waals surface area contributed by atoms with Crippen molar-refractivity contribution < 1.29 is 0 Å². The first-order chi connectivity index (χ1) is 13.5. The monoisotopic (exact) mass is 381 g/mol. The van der Waals surface area contributed by atoms with Crippen molar-refractivity contribution in [3.63, 3.8) is 0 Å². The van der Waals surface area contributed by atoms with Gasteiger partial charge in [-0.15, -0.1) is 0 Å². The van der Waals surface area contributed by atoms with Crippen molar-refractivity contribution in [3.8, 4) is 0 Å². The Hall–Kier alpha value is -2.71. The number of hydrogen-bond donors (Lipinski definition) is 1. The normalized spacial score (nSPS) is 12.2. The summed E-state index contributed by atoms with van der Waals surface area (Å²) >= 11 is 1.66. The first kappa shape index (κ1) is 17.4. The molecule has 0 aromatic heterocycles. The lowest BCUT2D eigenvalue weighted by Crippen LogP contribution is -2.10. The summed E-state index contributed by atoms with van der Waals surface area (Å²) in [5, 5.41) is 7.96. The average Bonchev–Trinajstić information content (AvgIpc) is 2.70. The smallest absolute Gasteiger partial charge is 0.0522 e. The average molecular weight is 382 g/mol. The van der Waals surface area contributed by atoms with E-state index in [-0.39, 0.29) is 5.41 Å². The maximum atomic E-state index is 3.57. The minimum Gasteiger partial charge on any atom is -0.325 e. The lowest BCUT2D eigenvalue weighted by atomic mass is 9.83. The van der Waals surface area contributed by atoms with Crippen LogP contribution < -0.4 is 4.72 Å². The maximum Gasteiger partial charge on any atom is 0.0522 e. The van der Waals surface area contributed by atoms with E-state index in [4.69, 9.17) is 0 Å². The predicted molar refractivity (Wildman–Crippen MR) is 125 cm³/mol. The number of rotatable bonds is 3. The van der Waals surface area contributed by atoms with Crippen LogP contribution in [-0.2, 0) is 5.41 Å². The van der Waals surface area contributed by atoms with Crippen LogP contribution in [0.1, 0.15) is 26.3 Å². The van der Waals surface area contributed by atoms with Gasteiger partial charge in [0.05, 0.1) is 5.69 Å². The van der Waals surface area contributed by atoms with Gasteiger partial charge in [0.1, 0.15) is 0 Å². The van der Waals surface area contributed by atoms with Gasteiger partial charge in [-0.2, -0.15) is 0 Å². The van der Waals surface area contributed by atoms with E-state index >= 15 is 0 Å². The molecule has 1 N–H and O–H groups in total. The first-order valence-electron chi connectivity index (χ1n) is 9.71. The van der Waals surface area contributed by atoms with E-state index in [0.717, 1.165) is 5.69 Å². The third-order valence-corrected chi connectivity index (χ3v) is 6.32. The standard InChI is InChI=1S/C26H23NS/c1-26(2,3)20-15-18-10-9-17-12-14-23(27-28-21-7-5-4-6-8-21)22-13-11-19(16-20)24(18)25(17)22/h4-16,27H,1-3H3. The van der Waals surface area contributed by atoms with Crippen LogP contribution in [0.4, 0.5) is 5.69 Å². The molecule has 0 spiro atoms.